The molecule has 0 aliphatic carbocycles. The number of carbonyl (C=O) groups excluding carboxylic acids is 2. The zero-order valence-corrected chi connectivity index (χ0v) is 22.9. The van der Waals surface area contributed by atoms with E-state index in [9.17, 15) is 22.4 Å². The van der Waals surface area contributed by atoms with Crippen LogP contribution in [0.5, 0.6) is 5.75 Å². The Morgan fingerprint density at radius 1 is 1.05 bits per heavy atom. The van der Waals surface area contributed by atoms with E-state index in [1.54, 1.807) is 49.4 Å². The average molecular weight is 536 g/mol. The van der Waals surface area contributed by atoms with Gasteiger partial charge in [-0.25, -0.2) is 12.8 Å². The maximum absolute atomic E-state index is 14.4. The Balaban J connectivity index is 2.14. The highest BCUT2D eigenvalue weighted by Crippen LogP contribution is 2.23. The highest BCUT2D eigenvalue weighted by molar-refractivity contribution is 7.92. The molecule has 0 bridgehead atoms. The molecule has 2 aromatic carbocycles. The summed E-state index contributed by atoms with van der Waals surface area (Å²) < 4.78 is 45.9. The third-order valence-electron chi connectivity index (χ3n) is 5.88. The average Bonchev–Trinajstić information content (AvgIpc) is 2.86. The lowest BCUT2D eigenvalue weighted by Crippen LogP contribution is -2.48. The summed E-state index contributed by atoms with van der Waals surface area (Å²) in [7, 11) is -3.60. The van der Waals surface area contributed by atoms with Crippen molar-refractivity contribution in [1.82, 2.24) is 10.2 Å². The monoisotopic (exact) mass is 535 g/mol. The van der Waals surface area contributed by atoms with Gasteiger partial charge in [-0.2, -0.15) is 0 Å². The molecule has 0 spiro atoms. The Labute approximate surface area is 219 Å². The van der Waals surface area contributed by atoms with E-state index in [0.717, 1.165) is 19.1 Å². The molecule has 1 atom stereocenters. The van der Waals surface area contributed by atoms with Crippen LogP contribution in [-0.2, 0) is 26.2 Å². The van der Waals surface area contributed by atoms with E-state index in [-0.39, 0.29) is 37.7 Å². The molecule has 0 fully saturated rings. The summed E-state index contributed by atoms with van der Waals surface area (Å²) in [4.78, 5) is 27.3. The summed E-state index contributed by atoms with van der Waals surface area (Å²) in [5.74, 6) is -0.505. The molecular weight excluding hydrogens is 497 g/mol. The number of sulfonamides is 1. The number of halogens is 1. The van der Waals surface area contributed by atoms with E-state index in [0.29, 0.717) is 30.2 Å². The van der Waals surface area contributed by atoms with Crippen molar-refractivity contribution in [2.75, 3.05) is 30.3 Å². The Kier molecular flexibility index (Phi) is 11.8. The molecule has 0 aliphatic rings. The van der Waals surface area contributed by atoms with Crippen LogP contribution in [0.2, 0.25) is 0 Å². The summed E-state index contributed by atoms with van der Waals surface area (Å²) in [5, 5.41) is 2.82. The number of unbranched alkanes of at least 4 members (excludes halogenated alkanes) is 1. The minimum absolute atomic E-state index is 0.00984. The lowest BCUT2D eigenvalue weighted by atomic mass is 10.1. The molecule has 204 valence electrons. The first-order valence-electron chi connectivity index (χ1n) is 12.6. The van der Waals surface area contributed by atoms with Crippen LogP contribution in [0, 0.1) is 5.82 Å². The van der Waals surface area contributed by atoms with Crippen molar-refractivity contribution in [3.05, 3.63) is 59.9 Å². The van der Waals surface area contributed by atoms with Gasteiger partial charge in [-0.05, 0) is 57.0 Å². The highest BCUT2D eigenvalue weighted by atomic mass is 32.2. The fraction of sp³-hybridized carbons (Fsp3) is 0.481. The Hall–Kier alpha value is -3.14. The van der Waals surface area contributed by atoms with Gasteiger partial charge < -0.3 is 15.0 Å². The Bertz CT molecular complexity index is 1130. The lowest BCUT2D eigenvalue weighted by Gasteiger charge is -2.29. The van der Waals surface area contributed by atoms with Crippen LogP contribution in [-0.4, -0.2) is 57.1 Å². The van der Waals surface area contributed by atoms with Gasteiger partial charge in [0.15, 0.2) is 0 Å². The summed E-state index contributed by atoms with van der Waals surface area (Å²) in [6, 6.07) is 12.0. The Morgan fingerprint density at radius 2 is 1.73 bits per heavy atom. The second-order valence-corrected chi connectivity index (χ2v) is 10.7. The zero-order valence-electron chi connectivity index (χ0n) is 22.1. The molecular formula is C27H38FN3O5S. The van der Waals surface area contributed by atoms with Gasteiger partial charge in [-0.15, -0.1) is 0 Å². The molecule has 8 nitrogen and oxygen atoms in total. The summed E-state index contributed by atoms with van der Waals surface area (Å²) in [6.07, 6.45) is 3.05. The van der Waals surface area contributed by atoms with Crippen molar-refractivity contribution >= 4 is 27.5 Å². The molecule has 1 N–H and O–H groups in total. The van der Waals surface area contributed by atoms with E-state index >= 15 is 0 Å². The SMILES string of the molecule is CCCCNC(=O)[C@@H](C)N(Cc1ccccc1F)C(=O)CCCN(c1ccc(OCC)cc1)S(C)(=O)=O. The number of amides is 2. The van der Waals surface area contributed by atoms with Gasteiger partial charge >= 0.3 is 0 Å². The normalized spacial score (nSPS) is 12.0. The van der Waals surface area contributed by atoms with Gasteiger partial charge in [0, 0.05) is 31.6 Å². The van der Waals surface area contributed by atoms with Crippen molar-refractivity contribution < 1.29 is 27.1 Å². The van der Waals surface area contributed by atoms with Crippen molar-refractivity contribution in [3.63, 3.8) is 0 Å². The van der Waals surface area contributed by atoms with Crippen molar-refractivity contribution in [1.29, 1.82) is 0 Å². The van der Waals surface area contributed by atoms with Crippen molar-refractivity contribution in [3.8, 4) is 5.75 Å². The highest BCUT2D eigenvalue weighted by Gasteiger charge is 2.27. The van der Waals surface area contributed by atoms with Crippen LogP contribution < -0.4 is 14.4 Å². The second kappa shape index (κ2) is 14.6. The largest absolute Gasteiger partial charge is 0.494 e. The van der Waals surface area contributed by atoms with E-state index < -0.39 is 21.9 Å². The maximum atomic E-state index is 14.4. The molecule has 0 unspecified atom stereocenters. The molecule has 0 heterocycles. The van der Waals surface area contributed by atoms with Gasteiger partial charge in [-0.3, -0.25) is 13.9 Å². The zero-order chi connectivity index (χ0) is 27.4. The molecule has 2 rings (SSSR count). The number of ether oxygens (including phenoxy) is 1. The van der Waals surface area contributed by atoms with E-state index in [4.69, 9.17) is 4.74 Å². The smallest absolute Gasteiger partial charge is 0.242 e. The van der Waals surface area contributed by atoms with E-state index in [2.05, 4.69) is 5.32 Å². The molecule has 37 heavy (non-hydrogen) atoms. The summed E-state index contributed by atoms with van der Waals surface area (Å²) in [6.45, 7) is 6.48. The number of rotatable bonds is 15. The summed E-state index contributed by atoms with van der Waals surface area (Å²) >= 11 is 0. The second-order valence-electron chi connectivity index (χ2n) is 8.80. The van der Waals surface area contributed by atoms with Crippen LogP contribution in [0.4, 0.5) is 10.1 Å². The van der Waals surface area contributed by atoms with E-state index in [1.807, 2.05) is 13.8 Å². The van der Waals surface area contributed by atoms with Gasteiger partial charge in [0.2, 0.25) is 21.8 Å². The number of anilines is 1. The minimum Gasteiger partial charge on any atom is -0.494 e. The molecule has 2 amide bonds. The predicted octanol–water partition coefficient (Wildman–Crippen LogP) is 4.10. The number of hydrogen-bond donors (Lipinski definition) is 1. The number of carbonyl (C=O) groups is 2. The number of benzene rings is 2. The molecule has 2 aromatic rings. The van der Waals surface area contributed by atoms with Crippen LogP contribution in [0.15, 0.2) is 48.5 Å². The molecule has 0 aliphatic heterocycles. The summed E-state index contributed by atoms with van der Waals surface area (Å²) in [5.41, 5.74) is 0.765. The van der Waals surface area contributed by atoms with Crippen LogP contribution in [0.25, 0.3) is 0 Å². The van der Waals surface area contributed by atoms with Gasteiger partial charge in [0.25, 0.3) is 0 Å². The fourth-order valence-corrected chi connectivity index (χ4v) is 4.77. The Morgan fingerprint density at radius 3 is 2.32 bits per heavy atom. The third kappa shape index (κ3) is 9.35. The topological polar surface area (TPSA) is 96.0 Å². The molecule has 0 saturated carbocycles. The van der Waals surface area contributed by atoms with Crippen molar-refractivity contribution in [2.24, 2.45) is 0 Å². The fourth-order valence-electron chi connectivity index (χ4n) is 3.81. The van der Waals surface area contributed by atoms with Crippen molar-refractivity contribution in [2.45, 2.75) is 59.0 Å². The first-order chi connectivity index (χ1) is 17.6. The van der Waals surface area contributed by atoms with Gasteiger partial charge in [0.05, 0.1) is 18.6 Å². The lowest BCUT2D eigenvalue weighted by molar-refractivity contribution is -0.140. The third-order valence-corrected chi connectivity index (χ3v) is 7.08. The molecule has 0 aromatic heterocycles. The molecule has 0 radical (unpaired) electrons. The number of nitrogens with zero attached hydrogens (tertiary/aromatic N) is 2. The first-order valence-corrected chi connectivity index (χ1v) is 14.4. The first kappa shape index (κ1) is 30.1. The number of nitrogens with one attached hydrogen (secondary N) is 1. The van der Waals surface area contributed by atoms with Gasteiger partial charge in [-0.1, -0.05) is 31.5 Å². The van der Waals surface area contributed by atoms with Crippen LogP contribution in [0.1, 0.15) is 52.0 Å². The standard InChI is InChI=1S/C27H38FN3O5S/c1-5-7-18-29-27(33)21(3)30(20-22-11-8-9-12-25(22)28)26(32)13-10-19-31(37(4,34)35)23-14-16-24(17-15-23)36-6-2/h8-9,11-12,14-17,21H,5-7,10,13,18-20H2,1-4H3,(H,29,33)/t21-/m1/s1. The van der Waals surface area contributed by atoms with Gasteiger partial charge in [0.1, 0.15) is 17.6 Å². The number of hydrogen-bond acceptors (Lipinski definition) is 5. The predicted molar refractivity (Wildman–Crippen MR) is 143 cm³/mol. The van der Waals surface area contributed by atoms with Crippen LogP contribution >= 0.6 is 0 Å². The minimum atomic E-state index is -3.60. The molecule has 0 saturated heterocycles. The van der Waals surface area contributed by atoms with E-state index in [1.165, 1.54) is 15.3 Å². The van der Waals surface area contributed by atoms with Crippen LogP contribution in [0.3, 0.4) is 0 Å². The maximum Gasteiger partial charge on any atom is 0.242 e. The molecule has 10 heteroatoms. The quantitative estimate of drug-likeness (QED) is 0.347.